The largest absolute Gasteiger partial charge is 0.493 e. The summed E-state index contributed by atoms with van der Waals surface area (Å²) in [5.41, 5.74) is 3.87. The number of aryl methyl sites for hydroxylation is 2. The predicted octanol–water partition coefficient (Wildman–Crippen LogP) is 1.78. The number of amides is 3. The molecule has 2 aromatic carbocycles. The van der Waals surface area contributed by atoms with E-state index in [0.717, 1.165) is 22.5 Å². The Hall–Kier alpha value is -5.20. The Morgan fingerprint density at radius 3 is 2.73 bits per heavy atom. The molecule has 44 heavy (non-hydrogen) atoms. The van der Waals surface area contributed by atoms with E-state index in [1.807, 2.05) is 38.1 Å². The molecule has 3 aliphatic rings. The van der Waals surface area contributed by atoms with Crippen LogP contribution < -0.4 is 24.8 Å². The van der Waals surface area contributed by atoms with Crippen LogP contribution in [0.15, 0.2) is 48.8 Å². The van der Waals surface area contributed by atoms with Gasteiger partial charge in [0.15, 0.2) is 18.1 Å². The van der Waals surface area contributed by atoms with Crippen LogP contribution in [-0.2, 0) is 22.6 Å². The molecule has 3 aliphatic heterocycles. The number of carbonyl (C=O) groups excluding carboxylic acids is 3. The number of carbonyl (C=O) groups is 3. The third-order valence-electron chi connectivity index (χ3n) is 8.00. The van der Waals surface area contributed by atoms with E-state index in [1.54, 1.807) is 21.5 Å². The lowest BCUT2D eigenvalue weighted by molar-refractivity contribution is -0.130. The summed E-state index contributed by atoms with van der Waals surface area (Å²) in [7, 11) is 1.49. The van der Waals surface area contributed by atoms with Crippen molar-refractivity contribution in [2.24, 2.45) is 0 Å². The van der Waals surface area contributed by atoms with E-state index in [9.17, 15) is 14.4 Å². The van der Waals surface area contributed by atoms with E-state index in [4.69, 9.17) is 14.2 Å². The second-order valence-electron chi connectivity index (χ2n) is 10.8. The molecule has 13 nitrogen and oxygen atoms in total. The molecule has 2 N–H and O–H groups in total. The van der Waals surface area contributed by atoms with Gasteiger partial charge in [-0.15, -0.1) is 0 Å². The number of benzene rings is 2. The fourth-order valence-electron chi connectivity index (χ4n) is 5.58. The molecule has 1 saturated heterocycles. The van der Waals surface area contributed by atoms with Crippen LogP contribution in [0, 0.1) is 13.8 Å². The summed E-state index contributed by atoms with van der Waals surface area (Å²) in [6.07, 6.45) is 1.72. The Balaban J connectivity index is 1.23. The second-order valence-corrected chi connectivity index (χ2v) is 10.8. The van der Waals surface area contributed by atoms with Crippen molar-refractivity contribution < 1.29 is 28.6 Å². The predicted molar refractivity (Wildman–Crippen MR) is 158 cm³/mol. The molecule has 4 bridgehead atoms. The smallest absolute Gasteiger partial charge is 0.258 e. The maximum absolute atomic E-state index is 13.5. The van der Waals surface area contributed by atoms with Crippen molar-refractivity contribution in [3.63, 3.8) is 0 Å². The van der Waals surface area contributed by atoms with E-state index in [0.29, 0.717) is 42.4 Å². The number of methoxy groups -OCH3 is 1. The summed E-state index contributed by atoms with van der Waals surface area (Å²) in [5.74, 6) is 1.05. The number of fused-ring (bicyclic) bond motifs is 8. The number of nitrogens with zero attached hydrogens (tertiary/aromatic N) is 5. The lowest BCUT2D eigenvalue weighted by atomic mass is 10.1. The van der Waals surface area contributed by atoms with Crippen LogP contribution >= 0.6 is 0 Å². The van der Waals surface area contributed by atoms with Gasteiger partial charge in [-0.05, 0) is 61.7 Å². The van der Waals surface area contributed by atoms with Gasteiger partial charge in [0.1, 0.15) is 18.2 Å². The molecule has 7 rings (SSSR count). The van der Waals surface area contributed by atoms with Gasteiger partial charge in [-0.3, -0.25) is 14.4 Å². The highest BCUT2D eigenvalue weighted by Gasteiger charge is 2.38. The third kappa shape index (κ3) is 5.98. The Bertz CT molecular complexity index is 1720. The number of ether oxygens (including phenoxy) is 3. The maximum Gasteiger partial charge on any atom is 0.258 e. The monoisotopic (exact) mass is 599 g/mol. The Labute approximate surface area is 253 Å². The topological polar surface area (TPSA) is 149 Å². The standard InChI is InChI=1S/C31H33N7O6/c1-18-23(19(2)38-31(35-18)33-17-34-38)9-11-29(40)37-14-24-27(15-37)44-22-7-4-20(5-8-22)13-32-28(39)16-43-26-12-21(30(41)36-24)6-10-25(26)42-3/h4-8,10,12,17,24,27H,9,11,13-16H2,1-3H3,(H,32,39)(H,36,41)/t24-,27-/m0/s1. The fraction of sp³-hybridized carbons (Fsp3) is 0.355. The molecule has 0 radical (unpaired) electrons. The fourth-order valence-corrected chi connectivity index (χ4v) is 5.58. The Kier molecular flexibility index (Phi) is 8.01. The molecule has 228 valence electrons. The Morgan fingerprint density at radius 1 is 1.11 bits per heavy atom. The zero-order valence-electron chi connectivity index (χ0n) is 24.7. The zero-order chi connectivity index (χ0) is 30.8. The normalized spacial score (nSPS) is 18.6. The first-order chi connectivity index (χ1) is 21.3. The summed E-state index contributed by atoms with van der Waals surface area (Å²) < 4.78 is 19.1. The van der Waals surface area contributed by atoms with Crippen LogP contribution in [0.1, 0.15) is 39.3 Å². The molecule has 0 saturated carbocycles. The lowest BCUT2D eigenvalue weighted by Gasteiger charge is -2.21. The average molecular weight is 600 g/mol. The Morgan fingerprint density at radius 2 is 1.93 bits per heavy atom. The molecule has 0 spiro atoms. The molecule has 2 aromatic heterocycles. The minimum Gasteiger partial charge on any atom is -0.493 e. The van der Waals surface area contributed by atoms with Gasteiger partial charge in [-0.2, -0.15) is 10.1 Å². The van der Waals surface area contributed by atoms with E-state index < -0.39 is 12.1 Å². The van der Waals surface area contributed by atoms with Crippen molar-refractivity contribution in [2.75, 3.05) is 26.8 Å². The lowest BCUT2D eigenvalue weighted by Crippen LogP contribution is -2.45. The average Bonchev–Trinajstić information content (AvgIpc) is 3.66. The van der Waals surface area contributed by atoms with E-state index >= 15 is 0 Å². The van der Waals surface area contributed by atoms with Crippen molar-refractivity contribution in [2.45, 2.75) is 45.4 Å². The van der Waals surface area contributed by atoms with Gasteiger partial charge in [0.05, 0.1) is 19.7 Å². The van der Waals surface area contributed by atoms with Gasteiger partial charge < -0.3 is 29.7 Å². The number of hydrogen-bond acceptors (Lipinski definition) is 9. The van der Waals surface area contributed by atoms with Crippen LogP contribution in [0.5, 0.6) is 17.2 Å². The van der Waals surface area contributed by atoms with Crippen LogP contribution in [-0.4, -0.2) is 81.2 Å². The third-order valence-corrected chi connectivity index (χ3v) is 8.00. The number of likely N-dealkylation sites (tertiary alicyclic amines) is 1. The summed E-state index contributed by atoms with van der Waals surface area (Å²) in [4.78, 5) is 49.7. The summed E-state index contributed by atoms with van der Waals surface area (Å²) in [6, 6.07) is 11.6. The molecular formula is C31H33N7O6. The van der Waals surface area contributed by atoms with Gasteiger partial charge in [-0.1, -0.05) is 12.1 Å². The highest BCUT2D eigenvalue weighted by molar-refractivity contribution is 5.95. The molecule has 4 aromatic rings. The van der Waals surface area contributed by atoms with Crippen LogP contribution in [0.25, 0.3) is 5.78 Å². The van der Waals surface area contributed by atoms with Crippen molar-refractivity contribution in [1.82, 2.24) is 35.1 Å². The SMILES string of the molecule is COc1ccc2cc1OCC(=O)NCc1ccc(cc1)O[C@H]1CN(C(=O)CCc3c(C)nc4ncnn4c3C)C[C@@H]1NC2=O. The maximum atomic E-state index is 13.5. The second kappa shape index (κ2) is 12.2. The van der Waals surface area contributed by atoms with Crippen molar-refractivity contribution >= 4 is 23.5 Å². The first-order valence-electron chi connectivity index (χ1n) is 14.4. The van der Waals surface area contributed by atoms with E-state index in [2.05, 4.69) is 25.7 Å². The molecule has 2 atom stereocenters. The van der Waals surface area contributed by atoms with Gasteiger partial charge in [-0.25, -0.2) is 9.50 Å². The van der Waals surface area contributed by atoms with Crippen molar-refractivity contribution in [3.05, 3.63) is 76.9 Å². The molecule has 1 fully saturated rings. The highest BCUT2D eigenvalue weighted by Crippen LogP contribution is 2.29. The number of aromatic nitrogens is 4. The molecule has 0 unspecified atom stereocenters. The zero-order valence-corrected chi connectivity index (χ0v) is 24.7. The molecule has 0 aliphatic carbocycles. The van der Waals surface area contributed by atoms with E-state index in [1.165, 1.54) is 19.5 Å². The van der Waals surface area contributed by atoms with Crippen LogP contribution in [0.2, 0.25) is 0 Å². The first kappa shape index (κ1) is 28.9. The van der Waals surface area contributed by atoms with Crippen LogP contribution in [0.3, 0.4) is 0 Å². The summed E-state index contributed by atoms with van der Waals surface area (Å²) >= 11 is 0. The van der Waals surface area contributed by atoms with Gasteiger partial charge >= 0.3 is 0 Å². The molecular weight excluding hydrogens is 566 g/mol. The summed E-state index contributed by atoms with van der Waals surface area (Å²) in [6.45, 7) is 4.50. The van der Waals surface area contributed by atoms with Crippen molar-refractivity contribution in [1.29, 1.82) is 0 Å². The van der Waals surface area contributed by atoms with E-state index in [-0.39, 0.29) is 43.0 Å². The first-order valence-corrected chi connectivity index (χ1v) is 14.4. The van der Waals surface area contributed by atoms with Gasteiger partial charge in [0.2, 0.25) is 5.91 Å². The molecule has 13 heteroatoms. The number of hydrogen-bond donors (Lipinski definition) is 2. The highest BCUT2D eigenvalue weighted by atomic mass is 16.5. The minimum absolute atomic E-state index is 0.0544. The van der Waals surface area contributed by atoms with Gasteiger partial charge in [0, 0.05) is 36.5 Å². The van der Waals surface area contributed by atoms with Crippen LogP contribution in [0.4, 0.5) is 0 Å². The molecule has 5 heterocycles. The number of nitrogens with one attached hydrogen (secondary N) is 2. The quantitative estimate of drug-likeness (QED) is 0.358. The minimum atomic E-state index is -0.491. The van der Waals surface area contributed by atoms with Gasteiger partial charge in [0.25, 0.3) is 17.6 Å². The summed E-state index contributed by atoms with van der Waals surface area (Å²) in [5, 5.41) is 10.1. The molecule has 3 amide bonds. The van der Waals surface area contributed by atoms with Crippen molar-refractivity contribution in [3.8, 4) is 17.2 Å². The number of rotatable bonds is 4.